The summed E-state index contributed by atoms with van der Waals surface area (Å²) in [4.78, 5) is 23.0. The quantitative estimate of drug-likeness (QED) is 0.689. The van der Waals surface area contributed by atoms with E-state index in [1.807, 2.05) is 12.1 Å². The Morgan fingerprint density at radius 3 is 2.86 bits per heavy atom. The number of aryl methyl sites for hydroxylation is 1. The number of aliphatic carboxylic acids is 1. The summed E-state index contributed by atoms with van der Waals surface area (Å²) in [7, 11) is 0. The lowest BCUT2D eigenvalue weighted by Gasteiger charge is -2.37. The molecule has 0 aromatic heterocycles. The number of carboxylic acids is 1. The summed E-state index contributed by atoms with van der Waals surface area (Å²) in [5.74, 6) is -0.465. The third-order valence-corrected chi connectivity index (χ3v) is 5.65. The van der Waals surface area contributed by atoms with Crippen LogP contribution in [0.25, 0.3) is 0 Å². The summed E-state index contributed by atoms with van der Waals surface area (Å²) in [6.07, 6.45) is 5.41. The molecule has 4 rings (SSSR count). The molecule has 28 heavy (non-hydrogen) atoms. The summed E-state index contributed by atoms with van der Waals surface area (Å²) in [5, 5.41) is 15.1. The number of hydrogen-bond donors (Lipinski definition) is 3. The Balaban J connectivity index is 1.60. The van der Waals surface area contributed by atoms with Crippen molar-refractivity contribution in [2.24, 2.45) is 5.92 Å². The van der Waals surface area contributed by atoms with Crippen LogP contribution in [-0.2, 0) is 4.79 Å². The topological polar surface area (TPSA) is 78.4 Å². The minimum Gasteiger partial charge on any atom is -0.481 e. The number of anilines is 1. The van der Waals surface area contributed by atoms with Crippen molar-refractivity contribution in [1.29, 1.82) is 0 Å². The SMILES string of the molecule is Cc1cccc(C2Nc3ccc(C(=O)NCCC(=O)O)cc3C3C=CCC32)c1. The molecule has 0 spiro atoms. The molecule has 5 nitrogen and oxygen atoms in total. The number of fused-ring (bicyclic) bond motifs is 3. The molecule has 1 aliphatic heterocycles. The Hall–Kier alpha value is -3.08. The Labute approximate surface area is 164 Å². The fraction of sp³-hybridized carbons (Fsp3) is 0.304. The van der Waals surface area contributed by atoms with Gasteiger partial charge in [-0.05, 0) is 48.6 Å². The van der Waals surface area contributed by atoms with E-state index in [9.17, 15) is 9.59 Å². The van der Waals surface area contributed by atoms with Gasteiger partial charge in [0.15, 0.2) is 0 Å². The van der Waals surface area contributed by atoms with Crippen LogP contribution < -0.4 is 10.6 Å². The van der Waals surface area contributed by atoms with Gasteiger partial charge in [-0.2, -0.15) is 0 Å². The van der Waals surface area contributed by atoms with Crippen molar-refractivity contribution < 1.29 is 14.7 Å². The molecule has 0 saturated carbocycles. The molecule has 0 saturated heterocycles. The summed E-state index contributed by atoms with van der Waals surface area (Å²) in [6, 6.07) is 14.6. The molecule has 1 aliphatic carbocycles. The van der Waals surface area contributed by atoms with Crippen molar-refractivity contribution in [2.75, 3.05) is 11.9 Å². The highest BCUT2D eigenvalue weighted by Gasteiger charge is 2.38. The molecule has 0 radical (unpaired) electrons. The van der Waals surface area contributed by atoms with E-state index in [0.29, 0.717) is 11.5 Å². The average Bonchev–Trinajstić information content (AvgIpc) is 3.16. The predicted octanol–water partition coefficient (Wildman–Crippen LogP) is 4.03. The number of hydrogen-bond acceptors (Lipinski definition) is 3. The van der Waals surface area contributed by atoms with Gasteiger partial charge in [0.25, 0.3) is 5.91 Å². The third-order valence-electron chi connectivity index (χ3n) is 5.65. The molecule has 1 amide bonds. The molecule has 1 heterocycles. The van der Waals surface area contributed by atoms with Crippen molar-refractivity contribution >= 4 is 17.6 Å². The van der Waals surface area contributed by atoms with Gasteiger partial charge >= 0.3 is 5.97 Å². The van der Waals surface area contributed by atoms with E-state index in [-0.39, 0.29) is 30.8 Å². The lowest BCUT2D eigenvalue weighted by molar-refractivity contribution is -0.136. The maximum Gasteiger partial charge on any atom is 0.305 e. The highest BCUT2D eigenvalue weighted by molar-refractivity contribution is 5.95. The summed E-state index contributed by atoms with van der Waals surface area (Å²) in [5.41, 5.74) is 5.30. The molecule has 5 heteroatoms. The molecule has 0 fully saturated rings. The zero-order valence-corrected chi connectivity index (χ0v) is 15.8. The van der Waals surface area contributed by atoms with Gasteiger partial charge in [-0.3, -0.25) is 9.59 Å². The van der Waals surface area contributed by atoms with Crippen LogP contribution in [-0.4, -0.2) is 23.5 Å². The van der Waals surface area contributed by atoms with E-state index >= 15 is 0 Å². The first-order chi connectivity index (χ1) is 13.5. The normalized spacial score (nSPS) is 22.1. The molecule has 3 unspecified atom stereocenters. The minimum atomic E-state index is -0.920. The molecule has 3 N–H and O–H groups in total. The first-order valence-electron chi connectivity index (χ1n) is 9.66. The van der Waals surface area contributed by atoms with Gasteiger partial charge in [-0.1, -0.05) is 42.0 Å². The number of amides is 1. The predicted molar refractivity (Wildman–Crippen MR) is 109 cm³/mol. The van der Waals surface area contributed by atoms with Crippen LogP contribution in [0.2, 0.25) is 0 Å². The average molecular weight is 376 g/mol. The lowest BCUT2D eigenvalue weighted by atomic mass is 9.76. The van der Waals surface area contributed by atoms with Gasteiger partial charge in [-0.15, -0.1) is 0 Å². The van der Waals surface area contributed by atoms with Crippen molar-refractivity contribution in [3.05, 3.63) is 76.9 Å². The van der Waals surface area contributed by atoms with Crippen molar-refractivity contribution in [3.63, 3.8) is 0 Å². The van der Waals surface area contributed by atoms with Crippen LogP contribution in [0.4, 0.5) is 5.69 Å². The molecule has 2 aromatic rings. The van der Waals surface area contributed by atoms with Crippen LogP contribution in [0, 0.1) is 12.8 Å². The monoisotopic (exact) mass is 376 g/mol. The van der Waals surface area contributed by atoms with Gasteiger partial charge < -0.3 is 15.7 Å². The largest absolute Gasteiger partial charge is 0.481 e. The minimum absolute atomic E-state index is 0.0795. The molecular weight excluding hydrogens is 352 g/mol. The number of allylic oxidation sites excluding steroid dienone is 2. The van der Waals surface area contributed by atoms with Gasteiger partial charge in [-0.25, -0.2) is 0 Å². The van der Waals surface area contributed by atoms with Crippen molar-refractivity contribution in [3.8, 4) is 0 Å². The number of nitrogens with one attached hydrogen (secondary N) is 2. The zero-order chi connectivity index (χ0) is 19.7. The molecule has 2 aliphatic rings. The second-order valence-corrected chi connectivity index (χ2v) is 7.59. The van der Waals surface area contributed by atoms with Crippen LogP contribution >= 0.6 is 0 Å². The van der Waals surface area contributed by atoms with E-state index < -0.39 is 5.97 Å². The number of carbonyl (C=O) groups is 2. The second kappa shape index (κ2) is 7.50. The zero-order valence-electron chi connectivity index (χ0n) is 15.8. The van der Waals surface area contributed by atoms with E-state index in [1.165, 1.54) is 11.1 Å². The maximum atomic E-state index is 12.4. The number of rotatable bonds is 5. The number of carbonyl (C=O) groups excluding carboxylic acids is 1. The van der Waals surface area contributed by atoms with Gasteiger partial charge in [0.2, 0.25) is 0 Å². The fourth-order valence-electron chi connectivity index (χ4n) is 4.31. The van der Waals surface area contributed by atoms with Crippen LogP contribution in [0.15, 0.2) is 54.6 Å². The first kappa shape index (κ1) is 18.3. The highest BCUT2D eigenvalue weighted by atomic mass is 16.4. The highest BCUT2D eigenvalue weighted by Crippen LogP contribution is 2.49. The molecule has 3 atom stereocenters. The molecule has 0 bridgehead atoms. The van der Waals surface area contributed by atoms with E-state index in [2.05, 4.69) is 54.0 Å². The third kappa shape index (κ3) is 3.52. The molecular formula is C23H24N2O3. The van der Waals surface area contributed by atoms with Crippen LogP contribution in [0.5, 0.6) is 0 Å². The maximum absolute atomic E-state index is 12.4. The number of benzene rings is 2. The van der Waals surface area contributed by atoms with Gasteiger partial charge in [0.05, 0.1) is 12.5 Å². The lowest BCUT2D eigenvalue weighted by Crippen LogP contribution is -2.30. The Morgan fingerprint density at radius 2 is 2.07 bits per heavy atom. The van der Waals surface area contributed by atoms with Gasteiger partial charge in [0, 0.05) is 23.7 Å². The van der Waals surface area contributed by atoms with Crippen molar-refractivity contribution in [2.45, 2.75) is 31.7 Å². The summed E-state index contributed by atoms with van der Waals surface area (Å²) < 4.78 is 0. The van der Waals surface area contributed by atoms with E-state index in [0.717, 1.165) is 17.7 Å². The smallest absolute Gasteiger partial charge is 0.305 e. The van der Waals surface area contributed by atoms with Crippen LogP contribution in [0.3, 0.4) is 0 Å². The van der Waals surface area contributed by atoms with Crippen molar-refractivity contribution in [1.82, 2.24) is 5.32 Å². The number of carboxylic acid groups (broad SMARTS) is 1. The summed E-state index contributed by atoms with van der Waals surface area (Å²) in [6.45, 7) is 2.24. The summed E-state index contributed by atoms with van der Waals surface area (Å²) >= 11 is 0. The molecule has 2 aromatic carbocycles. The van der Waals surface area contributed by atoms with Gasteiger partial charge in [0.1, 0.15) is 0 Å². The Morgan fingerprint density at radius 1 is 1.21 bits per heavy atom. The standard InChI is InChI=1S/C23H24N2O3/c1-14-4-2-5-15(12-14)22-18-7-3-6-17(18)19-13-16(8-9-20(19)25-22)23(28)24-11-10-21(26)27/h2-6,8-9,12-13,17-18,22,25H,7,10-11H2,1H3,(H,24,28)(H,26,27). The van der Waals surface area contributed by atoms with E-state index in [4.69, 9.17) is 5.11 Å². The Bertz CT molecular complexity index is 951. The van der Waals surface area contributed by atoms with E-state index in [1.54, 1.807) is 6.07 Å². The Kier molecular flexibility index (Phi) is 4.90. The van der Waals surface area contributed by atoms with Crippen LogP contribution in [0.1, 0.15) is 51.8 Å². The first-order valence-corrected chi connectivity index (χ1v) is 9.66. The second-order valence-electron chi connectivity index (χ2n) is 7.59. The fourth-order valence-corrected chi connectivity index (χ4v) is 4.31. The molecule has 144 valence electrons.